The topological polar surface area (TPSA) is 72.7 Å². The Bertz CT molecular complexity index is 1230. The van der Waals surface area contributed by atoms with E-state index in [0.29, 0.717) is 22.5 Å². The van der Waals surface area contributed by atoms with Crippen LogP contribution in [0.5, 0.6) is 0 Å². The molecule has 4 aromatic rings. The first kappa shape index (κ1) is 22.0. The molecule has 162 valence electrons. The predicted molar refractivity (Wildman–Crippen MR) is 128 cm³/mol. The first-order valence-electron chi connectivity index (χ1n) is 10.1. The Kier molecular flexibility index (Phi) is 6.87. The Balaban J connectivity index is 1.56. The fourth-order valence-corrected chi connectivity index (χ4v) is 4.14. The van der Waals surface area contributed by atoms with E-state index in [1.165, 1.54) is 17.3 Å². The summed E-state index contributed by atoms with van der Waals surface area (Å²) in [6, 6.07) is 17.6. The first-order valence-corrected chi connectivity index (χ1v) is 11.5. The molecule has 2 aromatic heterocycles. The Labute approximate surface area is 196 Å². The lowest BCUT2D eigenvalue weighted by Gasteiger charge is -2.14. The summed E-state index contributed by atoms with van der Waals surface area (Å²) < 4.78 is 1.94. The highest BCUT2D eigenvalue weighted by Crippen LogP contribution is 2.31. The number of benzene rings is 2. The second-order valence-corrected chi connectivity index (χ2v) is 8.66. The Morgan fingerprint density at radius 3 is 2.53 bits per heavy atom. The van der Waals surface area contributed by atoms with Gasteiger partial charge in [-0.25, -0.2) is 0 Å². The van der Waals surface area contributed by atoms with Gasteiger partial charge in [-0.2, -0.15) is 0 Å². The molecule has 0 radical (unpaired) electrons. The number of nitrogens with zero attached hydrogens (tertiary/aromatic N) is 4. The van der Waals surface area contributed by atoms with Gasteiger partial charge in [0.1, 0.15) is 0 Å². The molecule has 0 unspecified atom stereocenters. The number of halogens is 1. The minimum absolute atomic E-state index is 0.0709. The summed E-state index contributed by atoms with van der Waals surface area (Å²) in [4.78, 5) is 16.6. The number of thioether (sulfide) groups is 1. The number of aryl methyl sites for hydroxylation is 1. The van der Waals surface area contributed by atoms with Gasteiger partial charge in [-0.1, -0.05) is 59.3 Å². The minimum Gasteiger partial charge on any atom is -0.351 e. The molecule has 2 aromatic carbocycles. The van der Waals surface area contributed by atoms with E-state index in [2.05, 4.69) is 20.5 Å². The zero-order chi connectivity index (χ0) is 22.5. The summed E-state index contributed by atoms with van der Waals surface area (Å²) in [5, 5.41) is 13.0. The number of aromatic nitrogens is 4. The van der Waals surface area contributed by atoms with Crippen molar-refractivity contribution >= 4 is 29.3 Å². The third-order valence-corrected chi connectivity index (χ3v) is 6.33. The smallest absolute Gasteiger partial charge is 0.230 e. The molecule has 2 heterocycles. The van der Waals surface area contributed by atoms with Gasteiger partial charge in [-0.15, -0.1) is 10.2 Å². The van der Waals surface area contributed by atoms with E-state index in [1.54, 1.807) is 12.4 Å². The molecule has 1 amide bonds. The molecule has 0 aliphatic heterocycles. The molecule has 4 rings (SSSR count). The van der Waals surface area contributed by atoms with Crippen molar-refractivity contribution in [1.29, 1.82) is 0 Å². The third kappa shape index (κ3) is 5.00. The van der Waals surface area contributed by atoms with Crippen LogP contribution in [0, 0.1) is 13.8 Å². The number of carbonyl (C=O) groups is 1. The number of hydrogen-bond donors (Lipinski definition) is 1. The maximum atomic E-state index is 12.5. The molecule has 0 aliphatic rings. The number of nitrogens with one attached hydrogen (secondary N) is 1. The molecule has 0 fully saturated rings. The molecule has 0 bridgehead atoms. The van der Waals surface area contributed by atoms with Gasteiger partial charge in [0.15, 0.2) is 11.0 Å². The van der Waals surface area contributed by atoms with Crippen LogP contribution in [-0.4, -0.2) is 31.4 Å². The summed E-state index contributed by atoms with van der Waals surface area (Å²) in [6.45, 7) is 4.48. The summed E-state index contributed by atoms with van der Waals surface area (Å²) in [7, 11) is 0. The molecule has 0 saturated carbocycles. The van der Waals surface area contributed by atoms with Gasteiger partial charge in [-0.3, -0.25) is 14.3 Å². The van der Waals surface area contributed by atoms with Gasteiger partial charge in [0, 0.05) is 29.5 Å². The summed E-state index contributed by atoms with van der Waals surface area (Å²) in [5.74, 6) is 0.818. The maximum absolute atomic E-state index is 12.5. The van der Waals surface area contributed by atoms with Crippen molar-refractivity contribution in [3.05, 3.63) is 88.7 Å². The van der Waals surface area contributed by atoms with Gasteiger partial charge < -0.3 is 5.32 Å². The van der Waals surface area contributed by atoms with Crippen LogP contribution in [0.4, 0.5) is 0 Å². The molecular weight excluding hydrogens is 442 g/mol. The van der Waals surface area contributed by atoms with Crippen LogP contribution in [0.3, 0.4) is 0 Å². The van der Waals surface area contributed by atoms with Crippen molar-refractivity contribution in [3.63, 3.8) is 0 Å². The molecule has 0 aliphatic carbocycles. The molecule has 6 nitrogen and oxygen atoms in total. The van der Waals surface area contributed by atoms with Gasteiger partial charge in [0.2, 0.25) is 5.91 Å². The van der Waals surface area contributed by atoms with Crippen molar-refractivity contribution in [2.75, 3.05) is 5.75 Å². The number of carbonyl (C=O) groups excluding carboxylic acids is 1. The SMILES string of the molecule is Cc1ccc(CNC(=O)CSc2nnc(-c3ccncc3)n2-c2cccc(Cl)c2C)cc1. The van der Waals surface area contributed by atoms with Crippen LogP contribution in [0.1, 0.15) is 16.7 Å². The molecule has 0 saturated heterocycles. The zero-order valence-corrected chi connectivity index (χ0v) is 19.3. The highest BCUT2D eigenvalue weighted by molar-refractivity contribution is 7.99. The first-order chi connectivity index (χ1) is 15.5. The predicted octanol–water partition coefficient (Wildman–Crippen LogP) is 5.01. The lowest BCUT2D eigenvalue weighted by Crippen LogP contribution is -2.24. The minimum atomic E-state index is -0.0709. The van der Waals surface area contributed by atoms with E-state index < -0.39 is 0 Å². The van der Waals surface area contributed by atoms with Crippen LogP contribution in [0.15, 0.2) is 72.1 Å². The lowest BCUT2D eigenvalue weighted by molar-refractivity contribution is -0.118. The number of hydrogen-bond acceptors (Lipinski definition) is 5. The van der Waals surface area contributed by atoms with Crippen molar-refractivity contribution in [1.82, 2.24) is 25.1 Å². The van der Waals surface area contributed by atoms with Gasteiger partial charge in [-0.05, 0) is 49.2 Å². The normalized spacial score (nSPS) is 10.8. The van der Waals surface area contributed by atoms with Crippen LogP contribution in [-0.2, 0) is 11.3 Å². The second kappa shape index (κ2) is 9.97. The average molecular weight is 464 g/mol. The van der Waals surface area contributed by atoms with Crippen LogP contribution in [0.2, 0.25) is 5.02 Å². The van der Waals surface area contributed by atoms with E-state index in [4.69, 9.17) is 11.6 Å². The Morgan fingerprint density at radius 2 is 1.78 bits per heavy atom. The van der Waals surface area contributed by atoms with Gasteiger partial charge >= 0.3 is 0 Å². The van der Waals surface area contributed by atoms with E-state index in [0.717, 1.165) is 22.4 Å². The van der Waals surface area contributed by atoms with Crippen molar-refractivity contribution < 1.29 is 4.79 Å². The zero-order valence-electron chi connectivity index (χ0n) is 17.7. The molecule has 1 N–H and O–H groups in total. The lowest BCUT2D eigenvalue weighted by atomic mass is 10.1. The highest BCUT2D eigenvalue weighted by Gasteiger charge is 2.19. The molecule has 32 heavy (non-hydrogen) atoms. The largest absolute Gasteiger partial charge is 0.351 e. The number of pyridine rings is 1. The summed E-state index contributed by atoms with van der Waals surface area (Å²) in [6.07, 6.45) is 3.43. The highest BCUT2D eigenvalue weighted by atomic mass is 35.5. The summed E-state index contributed by atoms with van der Waals surface area (Å²) in [5.41, 5.74) is 4.91. The van der Waals surface area contributed by atoms with Gasteiger partial charge in [0.05, 0.1) is 11.4 Å². The Hall–Kier alpha value is -3.16. The third-order valence-electron chi connectivity index (χ3n) is 4.99. The molecule has 0 atom stereocenters. The van der Waals surface area contributed by atoms with Crippen molar-refractivity contribution in [3.8, 4) is 17.1 Å². The van der Waals surface area contributed by atoms with E-state index in [-0.39, 0.29) is 11.7 Å². The fraction of sp³-hybridized carbons (Fsp3) is 0.167. The van der Waals surface area contributed by atoms with Gasteiger partial charge in [0.25, 0.3) is 0 Å². The molecular formula is C24H22ClN5OS. The van der Waals surface area contributed by atoms with Crippen molar-refractivity contribution in [2.45, 2.75) is 25.5 Å². The standard InChI is InChI=1S/C24H22ClN5OS/c1-16-6-8-18(9-7-16)14-27-22(31)15-32-24-29-28-23(19-10-12-26-13-11-19)30(24)21-5-3-4-20(25)17(21)2/h3-13H,14-15H2,1-2H3,(H,27,31). The molecule has 8 heteroatoms. The Morgan fingerprint density at radius 1 is 1.03 bits per heavy atom. The monoisotopic (exact) mass is 463 g/mol. The van der Waals surface area contributed by atoms with E-state index >= 15 is 0 Å². The number of rotatable bonds is 7. The average Bonchev–Trinajstić information content (AvgIpc) is 3.23. The summed E-state index contributed by atoms with van der Waals surface area (Å²) >= 11 is 7.72. The van der Waals surface area contributed by atoms with Crippen LogP contribution in [0.25, 0.3) is 17.1 Å². The number of amides is 1. The quantitative estimate of drug-likeness (QED) is 0.390. The van der Waals surface area contributed by atoms with E-state index in [1.807, 2.05) is 73.0 Å². The maximum Gasteiger partial charge on any atom is 0.230 e. The second-order valence-electron chi connectivity index (χ2n) is 7.31. The van der Waals surface area contributed by atoms with Crippen LogP contribution < -0.4 is 5.32 Å². The van der Waals surface area contributed by atoms with Crippen LogP contribution >= 0.6 is 23.4 Å². The van der Waals surface area contributed by atoms with E-state index in [9.17, 15) is 4.79 Å². The fourth-order valence-electron chi connectivity index (χ4n) is 3.19. The molecule has 0 spiro atoms. The van der Waals surface area contributed by atoms with Crippen molar-refractivity contribution in [2.24, 2.45) is 0 Å².